The fourth-order valence-corrected chi connectivity index (χ4v) is 8.00. The number of cyclic esters (lactones) is 6. The molecule has 24 heteroatoms. The Morgan fingerprint density at radius 2 is 0.469 bits per heavy atom. The number of esters is 6. The number of amides is 6. The first kappa shape index (κ1) is 72.7. The molecule has 0 aromatic rings. The van der Waals surface area contributed by atoms with Crippen LogP contribution in [0.1, 0.15) is 165 Å². The molecule has 6 amide bonds. The second-order valence-electron chi connectivity index (χ2n) is 24.4. The highest BCUT2D eigenvalue weighted by Crippen LogP contribution is 2.20. The third-order valence-electron chi connectivity index (χ3n) is 12.8. The first-order valence-corrected chi connectivity index (χ1v) is 28.4. The van der Waals surface area contributed by atoms with Crippen LogP contribution in [-0.2, 0) is 86.0 Å². The van der Waals surface area contributed by atoms with E-state index in [4.69, 9.17) is 28.4 Å². The van der Waals surface area contributed by atoms with E-state index in [1.54, 1.807) is 125 Å². The van der Waals surface area contributed by atoms with Crippen molar-refractivity contribution in [3.05, 3.63) is 0 Å². The van der Waals surface area contributed by atoms with Crippen LogP contribution < -0.4 is 31.9 Å². The molecule has 0 spiro atoms. The van der Waals surface area contributed by atoms with Gasteiger partial charge in [0, 0.05) is 0 Å². The zero-order valence-corrected chi connectivity index (χ0v) is 51.6. The van der Waals surface area contributed by atoms with Gasteiger partial charge in [0.05, 0.1) is 0 Å². The maximum atomic E-state index is 13.9. The molecule has 81 heavy (non-hydrogen) atoms. The van der Waals surface area contributed by atoms with Crippen LogP contribution in [-0.4, -0.2) is 144 Å². The minimum Gasteiger partial charge on any atom is -0.451 e. The Kier molecular flexibility index (Phi) is 30.1. The number of carbonyl (C=O) groups is 12. The van der Waals surface area contributed by atoms with Gasteiger partial charge in [0.2, 0.25) is 0 Å². The lowest BCUT2D eigenvalue weighted by atomic mass is 10.0. The third-order valence-corrected chi connectivity index (χ3v) is 12.8. The highest BCUT2D eigenvalue weighted by molar-refractivity contribution is 5.95. The van der Waals surface area contributed by atoms with E-state index in [2.05, 4.69) is 31.9 Å². The van der Waals surface area contributed by atoms with Gasteiger partial charge in [-0.3, -0.25) is 28.8 Å². The quantitative estimate of drug-likeness (QED) is 0.120. The van der Waals surface area contributed by atoms with Gasteiger partial charge < -0.3 is 60.3 Å². The van der Waals surface area contributed by atoms with Crippen LogP contribution >= 0.6 is 0 Å². The highest BCUT2D eigenvalue weighted by atomic mass is 16.6. The standard InChI is InChI=1S/C57H96N6O18/c1-25(2)22-37-46(64)58-34(19)52(70)79-44(32(15)16)50(68)62-41(29(9)10)56(74)77-39(24-27(5)6)48(66)60-36(21)54(72)81-45(33(17)18)51(69)63-42(30(11)12)57(75)78-38(23-26(3)4)47(65)59-35(20)53(71)80-43(31(13)14)49(67)61-40(28(7)8)55(73)76-37/h25-45H,22-24H2,1-21H3,(H,58,64)(H,59,65)(H,60,66)(H,61,67)(H,62,68)(H,63,69)/t34-,35-,36-,37-,38-,39-,40-,41+,42+,43+,44+,45+/m1/s1. The average molecular weight is 1150 g/mol. The van der Waals surface area contributed by atoms with E-state index >= 15 is 0 Å². The molecule has 1 saturated heterocycles. The Balaban J connectivity index is 3.93. The number of hydrogen-bond donors (Lipinski definition) is 6. The van der Waals surface area contributed by atoms with Crippen molar-refractivity contribution in [2.45, 2.75) is 238 Å². The Morgan fingerprint density at radius 3 is 0.630 bits per heavy atom. The average Bonchev–Trinajstić information content (AvgIpc) is 3.33. The zero-order chi connectivity index (χ0) is 62.7. The summed E-state index contributed by atoms with van der Waals surface area (Å²) < 4.78 is 34.1. The first-order chi connectivity index (χ1) is 37.3. The lowest BCUT2D eigenvalue weighted by molar-refractivity contribution is -0.167. The van der Waals surface area contributed by atoms with Gasteiger partial charge in [0.1, 0.15) is 36.3 Å². The number of nitrogens with one attached hydrogen (secondary N) is 6. The van der Waals surface area contributed by atoms with Crippen LogP contribution in [0, 0.1) is 53.3 Å². The zero-order valence-electron chi connectivity index (χ0n) is 51.6. The van der Waals surface area contributed by atoms with Crippen LogP contribution in [0.4, 0.5) is 0 Å². The van der Waals surface area contributed by atoms with Crippen molar-refractivity contribution in [3.8, 4) is 0 Å². The summed E-state index contributed by atoms with van der Waals surface area (Å²) in [7, 11) is 0. The molecule has 1 heterocycles. The summed E-state index contributed by atoms with van der Waals surface area (Å²) >= 11 is 0. The van der Waals surface area contributed by atoms with Crippen molar-refractivity contribution < 1.29 is 86.0 Å². The Bertz CT molecular complexity index is 1960. The van der Waals surface area contributed by atoms with Crippen molar-refractivity contribution in [3.63, 3.8) is 0 Å². The molecule has 24 nitrogen and oxygen atoms in total. The highest BCUT2D eigenvalue weighted by Gasteiger charge is 2.41. The van der Waals surface area contributed by atoms with Gasteiger partial charge in [-0.25, -0.2) is 28.8 Å². The first-order valence-electron chi connectivity index (χ1n) is 28.4. The van der Waals surface area contributed by atoms with Gasteiger partial charge in [0.25, 0.3) is 35.4 Å². The van der Waals surface area contributed by atoms with E-state index in [9.17, 15) is 57.5 Å². The monoisotopic (exact) mass is 1150 g/mol. The lowest BCUT2D eigenvalue weighted by Crippen LogP contribution is -2.55. The second kappa shape index (κ2) is 33.5. The van der Waals surface area contributed by atoms with E-state index in [0.717, 1.165) is 0 Å². The molecular weight excluding hydrogens is 1060 g/mol. The predicted molar refractivity (Wildman–Crippen MR) is 295 cm³/mol. The van der Waals surface area contributed by atoms with Crippen molar-refractivity contribution in [2.24, 2.45) is 53.3 Å². The Morgan fingerprint density at radius 1 is 0.272 bits per heavy atom. The van der Waals surface area contributed by atoms with Crippen LogP contribution in [0.25, 0.3) is 0 Å². The molecule has 1 aliphatic rings. The van der Waals surface area contributed by atoms with Gasteiger partial charge in [-0.2, -0.15) is 0 Å². The molecule has 6 N–H and O–H groups in total. The molecule has 1 fully saturated rings. The molecule has 0 unspecified atom stereocenters. The number of hydrogen-bond acceptors (Lipinski definition) is 18. The predicted octanol–water partition coefficient (Wildman–Crippen LogP) is 3.51. The van der Waals surface area contributed by atoms with Crippen LogP contribution in [0.15, 0.2) is 0 Å². The SMILES string of the molecule is CC(C)C[C@H]1OC(=O)[C@H](C(C)C)NC(=O)[C@H](C(C)C)OC(=O)[C@@H](C)NC(=O)[C@@H](CC(C)C)OC(=O)[C@@H](C(C)C)NC(=O)[C@H](C(C)C)OC(=O)[C@@H](C)NC(=O)[C@@H](CC(C)C)OC(=O)[C@H](C(C)C)NC(=O)[C@H](C(C)C)OC(=O)[C@@H](C)NC1=O. The van der Waals surface area contributed by atoms with E-state index in [1.165, 1.54) is 20.8 Å². The molecular formula is C57H96N6O18. The fourth-order valence-electron chi connectivity index (χ4n) is 8.00. The van der Waals surface area contributed by atoms with Crippen molar-refractivity contribution in [2.75, 3.05) is 0 Å². The van der Waals surface area contributed by atoms with E-state index in [1.807, 2.05) is 0 Å². The van der Waals surface area contributed by atoms with Gasteiger partial charge in [-0.05, 0) is 93.3 Å². The maximum Gasteiger partial charge on any atom is 0.329 e. The number of rotatable bonds is 12. The summed E-state index contributed by atoms with van der Waals surface area (Å²) in [4.78, 5) is 166. The van der Waals surface area contributed by atoms with Crippen LogP contribution in [0.5, 0.6) is 0 Å². The smallest absolute Gasteiger partial charge is 0.329 e. The Hall–Kier alpha value is -6.36. The summed E-state index contributed by atoms with van der Waals surface area (Å²) in [5.74, 6) is -16.4. The van der Waals surface area contributed by atoms with Gasteiger partial charge in [0.15, 0.2) is 36.6 Å². The molecule has 0 aromatic carbocycles. The molecule has 1 aliphatic heterocycles. The fraction of sp³-hybridized carbons (Fsp3) is 0.789. The van der Waals surface area contributed by atoms with Crippen LogP contribution in [0.3, 0.4) is 0 Å². The van der Waals surface area contributed by atoms with Crippen molar-refractivity contribution in [1.29, 1.82) is 0 Å². The lowest BCUT2D eigenvalue weighted by Gasteiger charge is -2.30. The molecule has 12 atom stereocenters. The Labute approximate surface area is 478 Å². The molecule has 0 saturated carbocycles. The normalized spacial score (nSPS) is 28.2. The van der Waals surface area contributed by atoms with E-state index in [0.29, 0.717) is 0 Å². The van der Waals surface area contributed by atoms with Gasteiger partial charge in [-0.15, -0.1) is 0 Å². The van der Waals surface area contributed by atoms with E-state index < -0.39 is 180 Å². The summed E-state index contributed by atoms with van der Waals surface area (Å²) in [5, 5.41) is 15.2. The van der Waals surface area contributed by atoms with Gasteiger partial charge >= 0.3 is 35.8 Å². The van der Waals surface area contributed by atoms with E-state index in [-0.39, 0.29) is 37.0 Å². The number of carbonyl (C=O) groups excluding carboxylic acids is 12. The molecule has 462 valence electrons. The maximum absolute atomic E-state index is 13.9. The second-order valence-corrected chi connectivity index (χ2v) is 24.4. The molecule has 0 aromatic heterocycles. The summed E-state index contributed by atoms with van der Waals surface area (Å²) in [5.41, 5.74) is 0. The number of ether oxygens (including phenoxy) is 6. The summed E-state index contributed by atoms with van der Waals surface area (Å²) in [6.45, 7) is 33.4. The molecule has 1 rings (SSSR count). The molecule has 0 radical (unpaired) electrons. The van der Waals surface area contributed by atoms with Crippen LogP contribution in [0.2, 0.25) is 0 Å². The topological polar surface area (TPSA) is 332 Å². The third kappa shape index (κ3) is 23.9. The molecule has 0 bridgehead atoms. The summed E-state index contributed by atoms with van der Waals surface area (Å²) in [6.07, 6.45) is -9.18. The minimum atomic E-state index is -1.52. The molecule has 0 aliphatic carbocycles. The van der Waals surface area contributed by atoms with Crippen molar-refractivity contribution in [1.82, 2.24) is 31.9 Å². The summed E-state index contributed by atoms with van der Waals surface area (Å²) in [6, 6.07) is -8.46. The van der Waals surface area contributed by atoms with Crippen molar-refractivity contribution >= 4 is 71.3 Å². The largest absolute Gasteiger partial charge is 0.451 e. The minimum absolute atomic E-state index is 0.0340. The van der Waals surface area contributed by atoms with Gasteiger partial charge in [-0.1, -0.05) is 125 Å².